The van der Waals surface area contributed by atoms with E-state index >= 15 is 0 Å². The van der Waals surface area contributed by atoms with Gasteiger partial charge < -0.3 is 14.6 Å². The molecule has 6 nitrogen and oxygen atoms in total. The molecule has 1 atom stereocenters. The second-order valence-corrected chi connectivity index (χ2v) is 6.96. The fraction of sp³-hybridized carbons (Fsp3) is 0.333. The van der Waals surface area contributed by atoms with Crippen molar-refractivity contribution >= 4 is 18.3 Å². The van der Waals surface area contributed by atoms with Crippen molar-refractivity contribution in [2.24, 2.45) is 5.92 Å². The summed E-state index contributed by atoms with van der Waals surface area (Å²) in [6.07, 6.45) is 3.80. The molecule has 0 spiro atoms. The van der Waals surface area contributed by atoms with Crippen molar-refractivity contribution in [1.29, 1.82) is 0 Å². The van der Waals surface area contributed by atoms with Crippen LogP contribution in [0.4, 0.5) is 0 Å². The third-order valence-electron chi connectivity index (χ3n) is 5.00. The van der Waals surface area contributed by atoms with Gasteiger partial charge in [-0.1, -0.05) is 18.2 Å². The number of carbonyl (C=O) groups excluding carboxylic acids is 1. The van der Waals surface area contributed by atoms with Crippen LogP contribution in [0.15, 0.2) is 59.2 Å². The average Bonchev–Trinajstić information content (AvgIpc) is 3.38. The predicted molar refractivity (Wildman–Crippen MR) is 111 cm³/mol. The predicted octanol–water partition coefficient (Wildman–Crippen LogP) is 3.63. The van der Waals surface area contributed by atoms with Crippen LogP contribution in [0.2, 0.25) is 0 Å². The largest absolute Gasteiger partial charge is 0.463 e. The van der Waals surface area contributed by atoms with E-state index < -0.39 is 0 Å². The summed E-state index contributed by atoms with van der Waals surface area (Å²) < 4.78 is 7.21. The molecule has 1 unspecified atom stereocenters. The number of piperidine rings is 1. The normalized spacial score (nSPS) is 16.6. The van der Waals surface area contributed by atoms with E-state index in [4.69, 9.17) is 4.42 Å². The first kappa shape index (κ1) is 20.2. The Balaban J connectivity index is 0.00000225. The van der Waals surface area contributed by atoms with Gasteiger partial charge >= 0.3 is 0 Å². The van der Waals surface area contributed by atoms with Crippen molar-refractivity contribution in [3.8, 4) is 17.1 Å². The summed E-state index contributed by atoms with van der Waals surface area (Å²) in [4.78, 5) is 15.3. The lowest BCUT2D eigenvalue weighted by Gasteiger charge is -2.32. The van der Waals surface area contributed by atoms with Crippen LogP contribution < -0.4 is 5.32 Å². The number of nitrogens with one attached hydrogen (secondary N) is 1. The van der Waals surface area contributed by atoms with Crippen LogP contribution >= 0.6 is 12.4 Å². The average molecular weight is 401 g/mol. The van der Waals surface area contributed by atoms with E-state index in [1.165, 1.54) is 0 Å². The molecule has 3 heterocycles. The highest BCUT2D eigenvalue weighted by Gasteiger charge is 2.27. The Morgan fingerprint density at radius 3 is 2.79 bits per heavy atom. The Bertz CT molecular complexity index is 891. The van der Waals surface area contributed by atoms with E-state index in [0.29, 0.717) is 23.1 Å². The molecule has 2 aromatic heterocycles. The van der Waals surface area contributed by atoms with E-state index in [-0.39, 0.29) is 18.3 Å². The maximum Gasteiger partial charge on any atom is 0.272 e. The molecule has 28 heavy (non-hydrogen) atoms. The number of rotatable bonds is 5. The molecule has 0 radical (unpaired) electrons. The number of hydrogen-bond donors (Lipinski definition) is 1. The van der Waals surface area contributed by atoms with Crippen molar-refractivity contribution in [1.82, 2.24) is 20.0 Å². The lowest BCUT2D eigenvalue weighted by Crippen LogP contribution is -2.43. The minimum Gasteiger partial charge on any atom is -0.463 e. The second kappa shape index (κ2) is 9.08. The minimum absolute atomic E-state index is 0. The number of halogens is 1. The molecule has 148 valence electrons. The van der Waals surface area contributed by atoms with Gasteiger partial charge in [0.25, 0.3) is 5.91 Å². The zero-order valence-electron chi connectivity index (χ0n) is 15.9. The van der Waals surface area contributed by atoms with E-state index in [1.807, 2.05) is 60.5 Å². The number of carbonyl (C=O) groups is 1. The summed E-state index contributed by atoms with van der Waals surface area (Å²) in [6.45, 7) is 2.49. The Hall–Kier alpha value is -2.57. The molecular formula is C21H25ClN4O2. The van der Waals surface area contributed by atoms with Crippen LogP contribution in [0.3, 0.4) is 0 Å². The van der Waals surface area contributed by atoms with Gasteiger partial charge in [0.1, 0.15) is 11.4 Å². The molecule has 1 aromatic carbocycles. The fourth-order valence-electron chi connectivity index (χ4n) is 3.71. The molecule has 3 aromatic rings. The second-order valence-electron chi connectivity index (χ2n) is 6.96. The number of aromatic nitrogens is 2. The Morgan fingerprint density at radius 1 is 1.25 bits per heavy atom. The molecule has 1 aliphatic rings. The number of likely N-dealkylation sites (tertiary alicyclic amines) is 1. The van der Waals surface area contributed by atoms with Gasteiger partial charge in [-0.3, -0.25) is 4.79 Å². The molecule has 4 rings (SSSR count). The number of para-hydroxylation sites is 1. The van der Waals surface area contributed by atoms with Gasteiger partial charge in [0.15, 0.2) is 5.76 Å². The van der Waals surface area contributed by atoms with Gasteiger partial charge in [0, 0.05) is 19.2 Å². The monoisotopic (exact) mass is 400 g/mol. The van der Waals surface area contributed by atoms with Crippen LogP contribution in [0.1, 0.15) is 23.3 Å². The first-order valence-corrected chi connectivity index (χ1v) is 9.39. The first-order valence-electron chi connectivity index (χ1n) is 9.39. The summed E-state index contributed by atoms with van der Waals surface area (Å²) in [5.41, 5.74) is 2.09. The summed E-state index contributed by atoms with van der Waals surface area (Å²) in [5, 5.41) is 7.89. The maximum atomic E-state index is 13.3. The molecule has 0 aliphatic carbocycles. The SMILES string of the molecule is CNCC1CCCN(C(=O)c2cc(-c3ccco3)nn2-c2ccccc2)C1.Cl. The lowest BCUT2D eigenvalue weighted by molar-refractivity contribution is 0.0665. The Kier molecular flexibility index (Phi) is 6.54. The van der Waals surface area contributed by atoms with Crippen LogP contribution in [0.5, 0.6) is 0 Å². The van der Waals surface area contributed by atoms with E-state index in [9.17, 15) is 4.79 Å². The third-order valence-corrected chi connectivity index (χ3v) is 5.00. The summed E-state index contributed by atoms with van der Waals surface area (Å²) >= 11 is 0. The van der Waals surface area contributed by atoms with Gasteiger partial charge in [-0.2, -0.15) is 5.10 Å². The third kappa shape index (κ3) is 4.13. The van der Waals surface area contributed by atoms with Crippen molar-refractivity contribution in [2.75, 3.05) is 26.7 Å². The number of benzene rings is 1. The van der Waals surface area contributed by atoms with Crippen LogP contribution in [-0.4, -0.2) is 47.3 Å². The number of furan rings is 1. The minimum atomic E-state index is 0. The molecule has 1 saturated heterocycles. The van der Waals surface area contributed by atoms with E-state index in [2.05, 4.69) is 10.4 Å². The smallest absolute Gasteiger partial charge is 0.272 e. The molecule has 1 fully saturated rings. The number of amides is 1. The summed E-state index contributed by atoms with van der Waals surface area (Å²) in [5.74, 6) is 1.17. The summed E-state index contributed by atoms with van der Waals surface area (Å²) in [7, 11) is 1.96. The molecule has 0 saturated carbocycles. The fourth-order valence-corrected chi connectivity index (χ4v) is 3.71. The van der Waals surface area contributed by atoms with Crippen molar-refractivity contribution in [3.05, 3.63) is 60.5 Å². The molecule has 1 N–H and O–H groups in total. The molecular weight excluding hydrogens is 376 g/mol. The molecule has 1 amide bonds. The van der Waals surface area contributed by atoms with Gasteiger partial charge in [-0.15, -0.1) is 12.4 Å². The lowest BCUT2D eigenvalue weighted by atomic mass is 9.98. The van der Waals surface area contributed by atoms with Crippen molar-refractivity contribution < 1.29 is 9.21 Å². The summed E-state index contributed by atoms with van der Waals surface area (Å²) in [6, 6.07) is 15.3. The van der Waals surface area contributed by atoms with Gasteiger partial charge in [-0.25, -0.2) is 4.68 Å². The zero-order chi connectivity index (χ0) is 18.6. The van der Waals surface area contributed by atoms with E-state index in [0.717, 1.165) is 38.2 Å². The van der Waals surface area contributed by atoms with Gasteiger partial charge in [-0.05, 0) is 56.6 Å². The zero-order valence-corrected chi connectivity index (χ0v) is 16.7. The van der Waals surface area contributed by atoms with Crippen molar-refractivity contribution in [2.45, 2.75) is 12.8 Å². The standard InChI is InChI=1S/C21H24N4O2.ClH/c1-22-14-16-7-5-11-24(15-16)21(26)19-13-18(20-10-6-12-27-20)23-25(19)17-8-3-2-4-9-17;/h2-4,6,8-10,12-13,16,22H,5,7,11,14-15H2,1H3;1H. The highest BCUT2D eigenvalue weighted by Crippen LogP contribution is 2.25. The number of hydrogen-bond acceptors (Lipinski definition) is 4. The van der Waals surface area contributed by atoms with Crippen LogP contribution in [0.25, 0.3) is 17.1 Å². The first-order chi connectivity index (χ1) is 13.3. The van der Waals surface area contributed by atoms with Gasteiger partial charge in [0.05, 0.1) is 12.0 Å². The topological polar surface area (TPSA) is 63.3 Å². The van der Waals surface area contributed by atoms with Crippen LogP contribution in [0, 0.1) is 5.92 Å². The molecule has 7 heteroatoms. The van der Waals surface area contributed by atoms with Crippen LogP contribution in [-0.2, 0) is 0 Å². The Morgan fingerprint density at radius 2 is 2.07 bits per heavy atom. The maximum absolute atomic E-state index is 13.3. The number of nitrogens with zero attached hydrogens (tertiary/aromatic N) is 3. The highest BCUT2D eigenvalue weighted by atomic mass is 35.5. The van der Waals surface area contributed by atoms with Crippen molar-refractivity contribution in [3.63, 3.8) is 0 Å². The molecule has 0 bridgehead atoms. The quantitative estimate of drug-likeness (QED) is 0.710. The van der Waals surface area contributed by atoms with Gasteiger partial charge in [0.2, 0.25) is 0 Å². The molecule has 1 aliphatic heterocycles. The van der Waals surface area contributed by atoms with E-state index in [1.54, 1.807) is 10.9 Å². The Labute approximate surface area is 170 Å². The highest BCUT2D eigenvalue weighted by molar-refractivity contribution is 5.94.